The van der Waals surface area contributed by atoms with Crippen LogP contribution in [0.4, 0.5) is 0 Å². The first-order valence-electron chi connectivity index (χ1n) is 3.58. The van der Waals surface area contributed by atoms with Crippen molar-refractivity contribution in [2.24, 2.45) is 0 Å². The minimum absolute atomic E-state index is 0.533. The van der Waals surface area contributed by atoms with Crippen molar-refractivity contribution in [2.75, 3.05) is 13.4 Å². The third kappa shape index (κ3) is 2.08. The molecule has 0 unspecified atom stereocenters. The molecule has 3 heteroatoms. The first kappa shape index (κ1) is 9.75. The summed E-state index contributed by atoms with van der Waals surface area (Å²) in [4.78, 5) is 1.14. The van der Waals surface area contributed by atoms with Crippen LogP contribution in [0.25, 0.3) is 0 Å². The van der Waals surface area contributed by atoms with Crippen molar-refractivity contribution in [3.63, 3.8) is 0 Å². The molecule has 0 aliphatic carbocycles. The highest BCUT2D eigenvalue weighted by Crippen LogP contribution is 2.28. The van der Waals surface area contributed by atoms with Crippen LogP contribution in [0.5, 0.6) is 5.75 Å². The number of ether oxygens (including phenoxy) is 1. The molecule has 0 fully saturated rings. The fourth-order valence-corrected chi connectivity index (χ4v) is 1.68. The van der Waals surface area contributed by atoms with E-state index in [-0.39, 0.29) is 0 Å². The molecule has 0 amide bonds. The SMILES string of the molecule is COc1cc(CCl)ccc1SC. The van der Waals surface area contributed by atoms with Crippen LogP contribution in [0, 0.1) is 0 Å². The largest absolute Gasteiger partial charge is 0.496 e. The standard InChI is InChI=1S/C9H11ClOS/c1-11-8-5-7(6-10)3-4-9(8)12-2/h3-5H,6H2,1-2H3. The maximum atomic E-state index is 5.69. The molecule has 0 aliphatic heterocycles. The van der Waals surface area contributed by atoms with E-state index in [0.717, 1.165) is 16.2 Å². The second-order valence-electron chi connectivity index (χ2n) is 2.32. The first-order chi connectivity index (χ1) is 5.81. The number of alkyl halides is 1. The second kappa shape index (κ2) is 4.63. The van der Waals surface area contributed by atoms with E-state index >= 15 is 0 Å². The van der Waals surface area contributed by atoms with E-state index in [1.807, 2.05) is 24.5 Å². The zero-order valence-electron chi connectivity index (χ0n) is 7.13. The number of rotatable bonds is 3. The van der Waals surface area contributed by atoms with Crippen LogP contribution in [-0.2, 0) is 5.88 Å². The van der Waals surface area contributed by atoms with Crippen molar-refractivity contribution in [3.05, 3.63) is 23.8 Å². The van der Waals surface area contributed by atoms with E-state index in [4.69, 9.17) is 16.3 Å². The third-order valence-electron chi connectivity index (χ3n) is 1.60. The quantitative estimate of drug-likeness (QED) is 0.550. The van der Waals surface area contributed by atoms with Gasteiger partial charge in [0.2, 0.25) is 0 Å². The third-order valence-corrected chi connectivity index (χ3v) is 2.69. The predicted molar refractivity (Wildman–Crippen MR) is 54.3 cm³/mol. The van der Waals surface area contributed by atoms with Gasteiger partial charge in [-0.05, 0) is 24.0 Å². The summed E-state index contributed by atoms with van der Waals surface area (Å²) >= 11 is 7.36. The first-order valence-corrected chi connectivity index (χ1v) is 5.34. The average Bonchev–Trinajstić information content (AvgIpc) is 2.16. The average molecular weight is 203 g/mol. The van der Waals surface area contributed by atoms with Crippen molar-refractivity contribution in [3.8, 4) is 5.75 Å². The van der Waals surface area contributed by atoms with Gasteiger partial charge in [0.15, 0.2) is 0 Å². The number of thioether (sulfide) groups is 1. The smallest absolute Gasteiger partial charge is 0.132 e. The van der Waals surface area contributed by atoms with Crippen LogP contribution in [-0.4, -0.2) is 13.4 Å². The molecule has 1 aromatic carbocycles. The molecule has 12 heavy (non-hydrogen) atoms. The highest BCUT2D eigenvalue weighted by molar-refractivity contribution is 7.98. The zero-order valence-corrected chi connectivity index (χ0v) is 8.71. The van der Waals surface area contributed by atoms with Crippen LogP contribution >= 0.6 is 23.4 Å². The summed E-state index contributed by atoms with van der Waals surface area (Å²) in [7, 11) is 1.67. The molecular formula is C9H11ClOS. The lowest BCUT2D eigenvalue weighted by atomic mass is 10.2. The summed E-state index contributed by atoms with van der Waals surface area (Å²) in [6.07, 6.45) is 2.03. The van der Waals surface area contributed by atoms with Crippen LogP contribution in [0.1, 0.15) is 5.56 Å². The molecule has 1 nitrogen and oxygen atoms in total. The van der Waals surface area contributed by atoms with Gasteiger partial charge in [-0.15, -0.1) is 23.4 Å². The summed E-state index contributed by atoms with van der Waals surface area (Å²) in [6.45, 7) is 0. The summed E-state index contributed by atoms with van der Waals surface area (Å²) in [5.41, 5.74) is 1.09. The van der Waals surface area contributed by atoms with Gasteiger partial charge in [0, 0.05) is 10.8 Å². The summed E-state index contributed by atoms with van der Waals surface area (Å²) < 4.78 is 5.20. The lowest BCUT2D eigenvalue weighted by Gasteiger charge is -2.06. The van der Waals surface area contributed by atoms with Gasteiger partial charge in [-0.1, -0.05) is 6.07 Å². The number of hydrogen-bond donors (Lipinski definition) is 0. The zero-order chi connectivity index (χ0) is 8.97. The maximum Gasteiger partial charge on any atom is 0.132 e. The van der Waals surface area contributed by atoms with Crippen LogP contribution in [0.3, 0.4) is 0 Å². The highest BCUT2D eigenvalue weighted by Gasteiger charge is 2.01. The van der Waals surface area contributed by atoms with Gasteiger partial charge in [-0.25, -0.2) is 0 Å². The van der Waals surface area contributed by atoms with E-state index in [0.29, 0.717) is 5.88 Å². The molecule has 0 bridgehead atoms. The summed E-state index contributed by atoms with van der Waals surface area (Å²) in [6, 6.07) is 6.02. The predicted octanol–water partition coefficient (Wildman–Crippen LogP) is 3.16. The Hall–Kier alpha value is -0.340. The van der Waals surface area contributed by atoms with Gasteiger partial charge in [0.05, 0.1) is 7.11 Å². The Bertz CT molecular complexity index is 263. The van der Waals surface area contributed by atoms with Gasteiger partial charge in [-0.2, -0.15) is 0 Å². The summed E-state index contributed by atoms with van der Waals surface area (Å²) in [5, 5.41) is 0. The van der Waals surface area contributed by atoms with E-state index < -0.39 is 0 Å². The maximum absolute atomic E-state index is 5.69. The van der Waals surface area contributed by atoms with Crippen LogP contribution in [0.2, 0.25) is 0 Å². The van der Waals surface area contributed by atoms with Crippen molar-refractivity contribution in [2.45, 2.75) is 10.8 Å². The highest BCUT2D eigenvalue weighted by atomic mass is 35.5. The molecule has 0 saturated carbocycles. The van der Waals surface area contributed by atoms with Crippen molar-refractivity contribution < 1.29 is 4.74 Å². The molecule has 0 saturated heterocycles. The lowest BCUT2D eigenvalue weighted by molar-refractivity contribution is 0.404. The Labute approximate surface area is 82.1 Å². The van der Waals surface area contributed by atoms with Gasteiger partial charge in [-0.3, -0.25) is 0 Å². The van der Waals surface area contributed by atoms with E-state index in [2.05, 4.69) is 0 Å². The molecule has 1 rings (SSSR count). The topological polar surface area (TPSA) is 9.23 Å². The van der Waals surface area contributed by atoms with Gasteiger partial charge < -0.3 is 4.74 Å². The molecule has 0 aromatic heterocycles. The minimum Gasteiger partial charge on any atom is -0.496 e. The Morgan fingerprint density at radius 1 is 1.50 bits per heavy atom. The summed E-state index contributed by atoms with van der Waals surface area (Å²) in [5.74, 6) is 1.44. The molecule has 66 valence electrons. The fraction of sp³-hybridized carbons (Fsp3) is 0.333. The lowest BCUT2D eigenvalue weighted by Crippen LogP contribution is -1.87. The van der Waals surface area contributed by atoms with Gasteiger partial charge in [0.25, 0.3) is 0 Å². The van der Waals surface area contributed by atoms with Crippen LogP contribution < -0.4 is 4.74 Å². The number of methoxy groups -OCH3 is 1. The van der Waals surface area contributed by atoms with E-state index in [1.165, 1.54) is 0 Å². The molecule has 1 aromatic rings. The van der Waals surface area contributed by atoms with Gasteiger partial charge in [0.1, 0.15) is 5.75 Å². The van der Waals surface area contributed by atoms with Gasteiger partial charge >= 0.3 is 0 Å². The Kier molecular flexibility index (Phi) is 3.76. The number of benzene rings is 1. The monoisotopic (exact) mass is 202 g/mol. The molecule has 0 heterocycles. The fourth-order valence-electron chi connectivity index (χ4n) is 0.964. The van der Waals surface area contributed by atoms with Crippen LogP contribution in [0.15, 0.2) is 23.1 Å². The second-order valence-corrected chi connectivity index (χ2v) is 3.44. The number of hydrogen-bond acceptors (Lipinski definition) is 2. The van der Waals surface area contributed by atoms with Crippen molar-refractivity contribution in [1.29, 1.82) is 0 Å². The minimum atomic E-state index is 0.533. The Morgan fingerprint density at radius 2 is 2.25 bits per heavy atom. The normalized spacial score (nSPS) is 9.92. The molecule has 0 aliphatic rings. The Morgan fingerprint density at radius 3 is 2.75 bits per heavy atom. The molecule has 0 radical (unpaired) electrons. The van der Waals surface area contributed by atoms with Crippen molar-refractivity contribution in [1.82, 2.24) is 0 Å². The Balaban J connectivity index is 3.02. The number of halogens is 1. The van der Waals surface area contributed by atoms with Crippen molar-refractivity contribution >= 4 is 23.4 Å². The van der Waals surface area contributed by atoms with E-state index in [9.17, 15) is 0 Å². The molecule has 0 atom stereocenters. The molecule has 0 N–H and O–H groups in total. The molecular weight excluding hydrogens is 192 g/mol. The van der Waals surface area contributed by atoms with E-state index in [1.54, 1.807) is 18.9 Å². The molecule has 0 spiro atoms.